The summed E-state index contributed by atoms with van der Waals surface area (Å²) in [6.45, 7) is 7.49. The third-order valence-electron chi connectivity index (χ3n) is 3.18. The van der Waals surface area contributed by atoms with Crippen LogP contribution in [0.25, 0.3) is 0 Å². The minimum atomic E-state index is -0.723. The van der Waals surface area contributed by atoms with E-state index >= 15 is 0 Å². The number of aromatic amines is 1. The van der Waals surface area contributed by atoms with Gasteiger partial charge in [0, 0.05) is 30.9 Å². The van der Waals surface area contributed by atoms with E-state index in [1.54, 1.807) is 0 Å². The summed E-state index contributed by atoms with van der Waals surface area (Å²) in [5.41, 5.74) is 1.24. The standard InChI is InChI=1S/C13H22N2O2/c1-4-10(12(16)17)7-15-9-13(2,3)11-5-6-14-8-11/h5-6,8,10,14-15H,4,7,9H2,1-3H3,(H,16,17). The highest BCUT2D eigenvalue weighted by Gasteiger charge is 2.22. The van der Waals surface area contributed by atoms with Gasteiger partial charge in [0.2, 0.25) is 0 Å². The number of H-pyrrole nitrogens is 1. The van der Waals surface area contributed by atoms with Crippen molar-refractivity contribution in [3.05, 3.63) is 24.0 Å². The Balaban J connectivity index is 2.43. The molecule has 0 aromatic carbocycles. The van der Waals surface area contributed by atoms with Crippen LogP contribution in [0.3, 0.4) is 0 Å². The second kappa shape index (κ2) is 5.87. The maximum atomic E-state index is 10.9. The van der Waals surface area contributed by atoms with Crippen LogP contribution in [-0.2, 0) is 10.2 Å². The molecular weight excluding hydrogens is 216 g/mol. The second-order valence-corrected chi connectivity index (χ2v) is 5.06. The molecule has 0 fully saturated rings. The van der Waals surface area contributed by atoms with Gasteiger partial charge in [0.25, 0.3) is 0 Å². The van der Waals surface area contributed by atoms with Gasteiger partial charge < -0.3 is 15.4 Å². The Labute approximate surface area is 102 Å². The van der Waals surface area contributed by atoms with E-state index in [9.17, 15) is 4.79 Å². The SMILES string of the molecule is CCC(CNCC(C)(C)c1cc[nH]c1)C(=O)O. The van der Waals surface area contributed by atoms with Crippen molar-refractivity contribution < 1.29 is 9.90 Å². The first-order valence-electron chi connectivity index (χ1n) is 6.04. The van der Waals surface area contributed by atoms with Gasteiger partial charge in [0.05, 0.1) is 5.92 Å². The molecule has 1 atom stereocenters. The molecule has 4 nitrogen and oxygen atoms in total. The van der Waals surface area contributed by atoms with Crippen molar-refractivity contribution in [3.63, 3.8) is 0 Å². The van der Waals surface area contributed by atoms with Gasteiger partial charge in [0.1, 0.15) is 0 Å². The molecule has 0 radical (unpaired) electrons. The highest BCUT2D eigenvalue weighted by atomic mass is 16.4. The first kappa shape index (κ1) is 13.8. The summed E-state index contributed by atoms with van der Waals surface area (Å²) < 4.78 is 0. The topological polar surface area (TPSA) is 65.1 Å². The van der Waals surface area contributed by atoms with Crippen LogP contribution in [0.15, 0.2) is 18.5 Å². The summed E-state index contributed by atoms with van der Waals surface area (Å²) in [6, 6.07) is 2.05. The van der Waals surface area contributed by atoms with E-state index in [4.69, 9.17) is 5.11 Å². The molecule has 0 saturated heterocycles. The van der Waals surface area contributed by atoms with Crippen molar-refractivity contribution in [2.45, 2.75) is 32.6 Å². The third kappa shape index (κ3) is 3.89. The smallest absolute Gasteiger partial charge is 0.307 e. The van der Waals surface area contributed by atoms with Crippen LogP contribution in [0.5, 0.6) is 0 Å². The minimum Gasteiger partial charge on any atom is -0.481 e. The van der Waals surface area contributed by atoms with E-state index in [2.05, 4.69) is 30.2 Å². The van der Waals surface area contributed by atoms with Crippen LogP contribution >= 0.6 is 0 Å². The van der Waals surface area contributed by atoms with E-state index in [0.29, 0.717) is 13.0 Å². The Morgan fingerprint density at radius 3 is 2.76 bits per heavy atom. The van der Waals surface area contributed by atoms with Crippen molar-refractivity contribution in [2.75, 3.05) is 13.1 Å². The van der Waals surface area contributed by atoms with Gasteiger partial charge in [-0.25, -0.2) is 0 Å². The van der Waals surface area contributed by atoms with Crippen LogP contribution in [0, 0.1) is 5.92 Å². The second-order valence-electron chi connectivity index (χ2n) is 5.06. The molecule has 1 heterocycles. The van der Waals surface area contributed by atoms with E-state index in [1.807, 2.05) is 19.3 Å². The molecule has 1 aromatic rings. The molecule has 0 spiro atoms. The zero-order valence-electron chi connectivity index (χ0n) is 10.8. The zero-order chi connectivity index (χ0) is 12.9. The Kier molecular flexibility index (Phi) is 4.75. The highest BCUT2D eigenvalue weighted by molar-refractivity contribution is 5.70. The molecule has 1 unspecified atom stereocenters. The van der Waals surface area contributed by atoms with Gasteiger partial charge in [-0.3, -0.25) is 4.79 Å². The van der Waals surface area contributed by atoms with E-state index in [0.717, 1.165) is 6.54 Å². The van der Waals surface area contributed by atoms with E-state index < -0.39 is 5.97 Å². The lowest BCUT2D eigenvalue weighted by molar-refractivity contribution is -0.141. The van der Waals surface area contributed by atoms with Crippen molar-refractivity contribution >= 4 is 5.97 Å². The highest BCUT2D eigenvalue weighted by Crippen LogP contribution is 2.21. The van der Waals surface area contributed by atoms with E-state index in [1.165, 1.54) is 5.56 Å². The molecule has 0 aliphatic carbocycles. The fraction of sp³-hybridized carbons (Fsp3) is 0.615. The number of carboxylic acids is 1. The molecule has 3 N–H and O–H groups in total. The lowest BCUT2D eigenvalue weighted by Crippen LogP contribution is -2.37. The molecule has 1 rings (SSSR count). The first-order chi connectivity index (χ1) is 7.97. The number of aliphatic carboxylic acids is 1. The zero-order valence-corrected chi connectivity index (χ0v) is 10.8. The summed E-state index contributed by atoms with van der Waals surface area (Å²) >= 11 is 0. The summed E-state index contributed by atoms with van der Waals surface area (Å²) in [7, 11) is 0. The number of hydrogen-bond acceptors (Lipinski definition) is 2. The quantitative estimate of drug-likeness (QED) is 0.680. The molecule has 0 amide bonds. The molecule has 17 heavy (non-hydrogen) atoms. The molecule has 4 heteroatoms. The van der Waals surface area contributed by atoms with Crippen LogP contribution in [0.4, 0.5) is 0 Å². The maximum absolute atomic E-state index is 10.9. The average Bonchev–Trinajstić information content (AvgIpc) is 2.77. The lowest BCUT2D eigenvalue weighted by atomic mass is 9.86. The maximum Gasteiger partial charge on any atom is 0.307 e. The molecule has 0 aliphatic heterocycles. The van der Waals surface area contributed by atoms with Crippen LogP contribution in [-0.4, -0.2) is 29.1 Å². The Hall–Kier alpha value is -1.29. The molecule has 1 aromatic heterocycles. The number of carboxylic acid groups (broad SMARTS) is 1. The first-order valence-corrected chi connectivity index (χ1v) is 6.04. The van der Waals surface area contributed by atoms with Gasteiger partial charge in [-0.1, -0.05) is 20.8 Å². The Morgan fingerprint density at radius 2 is 2.29 bits per heavy atom. The van der Waals surface area contributed by atoms with Crippen LogP contribution in [0.1, 0.15) is 32.8 Å². The van der Waals surface area contributed by atoms with Crippen molar-refractivity contribution in [1.82, 2.24) is 10.3 Å². The molecule has 0 saturated carbocycles. The number of carbonyl (C=O) groups is 1. The predicted octanol–water partition coefficient (Wildman–Crippen LogP) is 1.99. The Bertz CT molecular complexity index is 344. The van der Waals surface area contributed by atoms with Crippen molar-refractivity contribution in [2.24, 2.45) is 5.92 Å². The molecule has 0 aliphatic rings. The fourth-order valence-electron chi connectivity index (χ4n) is 1.81. The van der Waals surface area contributed by atoms with E-state index in [-0.39, 0.29) is 11.3 Å². The van der Waals surface area contributed by atoms with Crippen LogP contribution in [0.2, 0.25) is 0 Å². The molecular formula is C13H22N2O2. The van der Waals surface area contributed by atoms with Crippen LogP contribution < -0.4 is 5.32 Å². The Morgan fingerprint density at radius 1 is 1.59 bits per heavy atom. The van der Waals surface area contributed by atoms with Gasteiger partial charge in [-0.15, -0.1) is 0 Å². The lowest BCUT2D eigenvalue weighted by Gasteiger charge is -2.25. The minimum absolute atomic E-state index is 0.0107. The number of nitrogens with one attached hydrogen (secondary N) is 2. The van der Waals surface area contributed by atoms with Crippen molar-refractivity contribution in [3.8, 4) is 0 Å². The monoisotopic (exact) mass is 238 g/mol. The summed E-state index contributed by atoms with van der Waals surface area (Å²) in [5, 5.41) is 12.2. The van der Waals surface area contributed by atoms with Crippen molar-refractivity contribution in [1.29, 1.82) is 0 Å². The van der Waals surface area contributed by atoms with Gasteiger partial charge in [0.15, 0.2) is 0 Å². The summed E-state index contributed by atoms with van der Waals surface area (Å²) in [6.07, 6.45) is 4.55. The van der Waals surface area contributed by atoms with Gasteiger partial charge >= 0.3 is 5.97 Å². The van der Waals surface area contributed by atoms with Gasteiger partial charge in [-0.05, 0) is 18.1 Å². The molecule has 0 bridgehead atoms. The third-order valence-corrected chi connectivity index (χ3v) is 3.18. The fourth-order valence-corrected chi connectivity index (χ4v) is 1.81. The number of aromatic nitrogens is 1. The molecule has 96 valence electrons. The predicted molar refractivity (Wildman–Crippen MR) is 68.1 cm³/mol. The van der Waals surface area contributed by atoms with Gasteiger partial charge in [-0.2, -0.15) is 0 Å². The summed E-state index contributed by atoms with van der Waals surface area (Å²) in [4.78, 5) is 13.9. The average molecular weight is 238 g/mol. The number of hydrogen-bond donors (Lipinski definition) is 3. The normalized spacial score (nSPS) is 13.6. The summed E-state index contributed by atoms with van der Waals surface area (Å²) in [5.74, 6) is -1.02. The number of rotatable bonds is 7. The largest absolute Gasteiger partial charge is 0.481 e.